The fraction of sp³-hybridized carbons (Fsp3) is 0.429. The van der Waals surface area contributed by atoms with E-state index in [0.717, 1.165) is 31.0 Å². The topological polar surface area (TPSA) is 65.5 Å². The molecule has 2 aromatic rings. The van der Waals surface area contributed by atoms with E-state index >= 15 is 0 Å². The summed E-state index contributed by atoms with van der Waals surface area (Å²) in [4.78, 5) is 18.3. The third-order valence-corrected chi connectivity index (χ3v) is 4.62. The predicted octanol–water partition coefficient (Wildman–Crippen LogP) is 3.57. The first-order valence-corrected chi connectivity index (χ1v) is 10.2. The maximum absolute atomic E-state index is 12.3. The molecule has 0 bridgehead atoms. The molecular formula is C21H30N4OS. The zero-order chi connectivity index (χ0) is 19.7. The van der Waals surface area contributed by atoms with E-state index < -0.39 is 0 Å². The third-order valence-electron chi connectivity index (χ3n) is 3.69. The zero-order valence-corrected chi connectivity index (χ0v) is 17.5. The molecule has 27 heavy (non-hydrogen) atoms. The standard InChI is InChI=1S/C21H30N4OS/c1-5-22-20(23-12-11-18-10-7-13-27-18)24-15-16-8-6-9-17(14-16)19(26)25-21(2,3)4/h6-10,13-14H,5,11-12,15H2,1-4H3,(H,25,26)(H2,22,23,24). The highest BCUT2D eigenvalue weighted by Crippen LogP contribution is 2.10. The van der Waals surface area contributed by atoms with Crippen molar-refractivity contribution in [2.24, 2.45) is 4.99 Å². The minimum absolute atomic E-state index is 0.0608. The van der Waals surface area contributed by atoms with Gasteiger partial charge in [-0.2, -0.15) is 0 Å². The van der Waals surface area contributed by atoms with Gasteiger partial charge in [-0.25, -0.2) is 4.99 Å². The van der Waals surface area contributed by atoms with Crippen LogP contribution in [0.4, 0.5) is 0 Å². The van der Waals surface area contributed by atoms with Crippen molar-refractivity contribution >= 4 is 23.2 Å². The van der Waals surface area contributed by atoms with Crippen LogP contribution < -0.4 is 16.0 Å². The summed E-state index contributed by atoms with van der Waals surface area (Å²) >= 11 is 1.77. The number of benzene rings is 1. The molecule has 0 spiro atoms. The molecule has 0 fully saturated rings. The van der Waals surface area contributed by atoms with Crippen LogP contribution in [-0.4, -0.2) is 30.5 Å². The molecule has 0 saturated heterocycles. The summed E-state index contributed by atoms with van der Waals surface area (Å²) in [7, 11) is 0. The molecule has 0 aliphatic rings. The van der Waals surface area contributed by atoms with E-state index in [-0.39, 0.29) is 11.4 Å². The Hall–Kier alpha value is -2.34. The summed E-state index contributed by atoms with van der Waals surface area (Å²) in [6.45, 7) is 10.1. The van der Waals surface area contributed by atoms with Crippen LogP contribution in [0, 0.1) is 0 Å². The van der Waals surface area contributed by atoms with E-state index in [0.29, 0.717) is 12.1 Å². The van der Waals surface area contributed by atoms with Gasteiger partial charge >= 0.3 is 0 Å². The third kappa shape index (κ3) is 7.83. The summed E-state index contributed by atoms with van der Waals surface area (Å²) in [6.07, 6.45) is 0.977. The Labute approximate surface area is 166 Å². The minimum atomic E-state index is -0.254. The normalized spacial score (nSPS) is 11.9. The minimum Gasteiger partial charge on any atom is -0.357 e. The Morgan fingerprint density at radius 2 is 1.96 bits per heavy atom. The van der Waals surface area contributed by atoms with Crippen molar-refractivity contribution in [3.05, 3.63) is 57.8 Å². The molecule has 0 atom stereocenters. The van der Waals surface area contributed by atoms with Crippen LogP contribution in [0.15, 0.2) is 46.8 Å². The highest BCUT2D eigenvalue weighted by molar-refractivity contribution is 7.09. The number of carbonyl (C=O) groups excluding carboxylic acids is 1. The van der Waals surface area contributed by atoms with E-state index in [9.17, 15) is 4.79 Å². The van der Waals surface area contributed by atoms with Gasteiger partial charge in [0.2, 0.25) is 0 Å². The van der Waals surface area contributed by atoms with Crippen LogP contribution in [0.3, 0.4) is 0 Å². The average Bonchev–Trinajstić information content (AvgIpc) is 3.12. The lowest BCUT2D eigenvalue weighted by molar-refractivity contribution is 0.0919. The summed E-state index contributed by atoms with van der Waals surface area (Å²) in [6, 6.07) is 11.8. The number of rotatable bonds is 7. The van der Waals surface area contributed by atoms with Crippen LogP contribution >= 0.6 is 11.3 Å². The smallest absolute Gasteiger partial charge is 0.251 e. The fourth-order valence-electron chi connectivity index (χ4n) is 2.49. The maximum Gasteiger partial charge on any atom is 0.251 e. The van der Waals surface area contributed by atoms with Gasteiger partial charge in [0, 0.05) is 29.1 Å². The first kappa shape index (κ1) is 21.0. The lowest BCUT2D eigenvalue weighted by atomic mass is 10.1. The number of amides is 1. The predicted molar refractivity (Wildman–Crippen MR) is 115 cm³/mol. The summed E-state index contributed by atoms with van der Waals surface area (Å²) < 4.78 is 0. The molecule has 0 radical (unpaired) electrons. The van der Waals surface area contributed by atoms with E-state index in [1.807, 2.05) is 52.0 Å². The monoisotopic (exact) mass is 386 g/mol. The second-order valence-electron chi connectivity index (χ2n) is 7.36. The first-order valence-electron chi connectivity index (χ1n) is 9.33. The van der Waals surface area contributed by atoms with Crippen LogP contribution in [0.5, 0.6) is 0 Å². The molecule has 1 aromatic carbocycles. The molecule has 0 saturated carbocycles. The number of guanidine groups is 1. The summed E-state index contributed by atoms with van der Waals surface area (Å²) in [5.41, 5.74) is 1.41. The highest BCUT2D eigenvalue weighted by atomic mass is 32.1. The Morgan fingerprint density at radius 1 is 1.15 bits per heavy atom. The van der Waals surface area contributed by atoms with E-state index in [1.54, 1.807) is 11.3 Å². The van der Waals surface area contributed by atoms with Gasteiger partial charge in [-0.15, -0.1) is 11.3 Å². The molecule has 6 heteroatoms. The fourth-order valence-corrected chi connectivity index (χ4v) is 3.20. The Morgan fingerprint density at radius 3 is 2.63 bits per heavy atom. The van der Waals surface area contributed by atoms with E-state index in [1.165, 1.54) is 4.88 Å². The number of nitrogens with zero attached hydrogens (tertiary/aromatic N) is 1. The summed E-state index contributed by atoms with van der Waals surface area (Å²) in [5.74, 6) is 0.730. The Balaban J connectivity index is 1.96. The molecule has 2 rings (SSSR count). The van der Waals surface area contributed by atoms with Crippen molar-refractivity contribution in [2.45, 2.75) is 46.2 Å². The van der Waals surface area contributed by atoms with Crippen molar-refractivity contribution in [1.82, 2.24) is 16.0 Å². The maximum atomic E-state index is 12.3. The van der Waals surface area contributed by atoms with Crippen LogP contribution in [-0.2, 0) is 13.0 Å². The zero-order valence-electron chi connectivity index (χ0n) is 16.6. The second kappa shape index (κ2) is 10.1. The quantitative estimate of drug-likeness (QED) is 0.503. The second-order valence-corrected chi connectivity index (χ2v) is 8.39. The molecule has 1 aromatic heterocycles. The molecule has 0 aliphatic carbocycles. The Bertz CT molecular complexity index is 748. The van der Waals surface area contributed by atoms with Crippen molar-refractivity contribution in [3.8, 4) is 0 Å². The lowest BCUT2D eigenvalue weighted by Gasteiger charge is -2.20. The molecule has 0 unspecified atom stereocenters. The number of hydrogen-bond acceptors (Lipinski definition) is 3. The molecule has 146 valence electrons. The number of carbonyl (C=O) groups is 1. The van der Waals surface area contributed by atoms with E-state index in [4.69, 9.17) is 0 Å². The van der Waals surface area contributed by atoms with Gasteiger partial charge in [0.15, 0.2) is 5.96 Å². The lowest BCUT2D eigenvalue weighted by Crippen LogP contribution is -2.40. The van der Waals surface area contributed by atoms with Gasteiger partial charge in [0.05, 0.1) is 6.54 Å². The number of thiophene rings is 1. The largest absolute Gasteiger partial charge is 0.357 e. The van der Waals surface area contributed by atoms with Crippen LogP contribution in [0.25, 0.3) is 0 Å². The first-order chi connectivity index (χ1) is 12.9. The van der Waals surface area contributed by atoms with Crippen molar-refractivity contribution in [3.63, 3.8) is 0 Å². The van der Waals surface area contributed by atoms with Gasteiger partial charge in [0.1, 0.15) is 0 Å². The van der Waals surface area contributed by atoms with Crippen molar-refractivity contribution in [1.29, 1.82) is 0 Å². The highest BCUT2D eigenvalue weighted by Gasteiger charge is 2.15. The van der Waals surface area contributed by atoms with Gasteiger partial charge in [-0.3, -0.25) is 4.79 Å². The average molecular weight is 387 g/mol. The summed E-state index contributed by atoms with van der Waals surface area (Å²) in [5, 5.41) is 11.7. The number of nitrogens with one attached hydrogen (secondary N) is 3. The van der Waals surface area contributed by atoms with Gasteiger partial charge in [0.25, 0.3) is 5.91 Å². The SMILES string of the molecule is CCNC(=NCc1cccc(C(=O)NC(C)(C)C)c1)NCCc1cccs1. The molecule has 1 heterocycles. The molecule has 3 N–H and O–H groups in total. The van der Waals surface area contributed by atoms with Crippen LogP contribution in [0.2, 0.25) is 0 Å². The molecule has 5 nitrogen and oxygen atoms in total. The molecule has 0 aliphatic heterocycles. The number of aliphatic imine (C=N–C) groups is 1. The molecule has 1 amide bonds. The van der Waals surface area contributed by atoms with Gasteiger partial charge < -0.3 is 16.0 Å². The Kier molecular flexibility index (Phi) is 7.85. The van der Waals surface area contributed by atoms with Gasteiger partial charge in [-0.05, 0) is 63.3 Å². The van der Waals surface area contributed by atoms with Crippen molar-refractivity contribution in [2.75, 3.05) is 13.1 Å². The molecular weight excluding hydrogens is 356 g/mol. The van der Waals surface area contributed by atoms with Crippen LogP contribution in [0.1, 0.15) is 48.5 Å². The van der Waals surface area contributed by atoms with Crippen molar-refractivity contribution < 1.29 is 4.79 Å². The van der Waals surface area contributed by atoms with E-state index in [2.05, 4.69) is 38.5 Å². The van der Waals surface area contributed by atoms with Gasteiger partial charge in [-0.1, -0.05) is 18.2 Å². The number of hydrogen-bond donors (Lipinski definition) is 3.